The van der Waals surface area contributed by atoms with Crippen molar-refractivity contribution in [1.82, 2.24) is 9.97 Å². The van der Waals surface area contributed by atoms with E-state index in [1.54, 1.807) is 0 Å². The van der Waals surface area contributed by atoms with Crippen molar-refractivity contribution in [3.63, 3.8) is 0 Å². The number of hydrogen-bond acceptors (Lipinski definition) is 4. The zero-order chi connectivity index (χ0) is 14.9. The second kappa shape index (κ2) is 5.49. The van der Waals surface area contributed by atoms with Crippen molar-refractivity contribution in [3.05, 3.63) is 41.2 Å². The average Bonchev–Trinajstić information content (AvgIpc) is 2.37. The molecule has 4 heteroatoms. The van der Waals surface area contributed by atoms with Gasteiger partial charge in [0.05, 0.1) is 0 Å². The number of rotatable bonds is 3. The third-order valence-electron chi connectivity index (χ3n) is 3.50. The standard InChI is InChI=1S/C16H22N4/c1-10(2)14-15(17)18-9-19-16(14)20(5)13-7-6-11(3)8-12(13)4/h6-10H,1-5H3,(H2,17,18,19). The molecule has 0 amide bonds. The summed E-state index contributed by atoms with van der Waals surface area (Å²) in [6.45, 7) is 8.42. The second-order valence-electron chi connectivity index (χ2n) is 5.50. The first-order valence-electron chi connectivity index (χ1n) is 6.83. The van der Waals surface area contributed by atoms with Crippen LogP contribution in [0.3, 0.4) is 0 Å². The lowest BCUT2D eigenvalue weighted by Gasteiger charge is -2.25. The normalized spacial score (nSPS) is 10.9. The summed E-state index contributed by atoms with van der Waals surface area (Å²) in [6.07, 6.45) is 1.52. The fourth-order valence-corrected chi connectivity index (χ4v) is 2.52. The summed E-state index contributed by atoms with van der Waals surface area (Å²) in [5.74, 6) is 1.71. The number of aromatic nitrogens is 2. The molecule has 0 atom stereocenters. The summed E-state index contributed by atoms with van der Waals surface area (Å²) in [7, 11) is 2.02. The molecule has 2 N–H and O–H groups in total. The fraction of sp³-hybridized carbons (Fsp3) is 0.375. The van der Waals surface area contributed by atoms with E-state index < -0.39 is 0 Å². The van der Waals surface area contributed by atoms with Gasteiger partial charge in [-0.2, -0.15) is 0 Å². The summed E-state index contributed by atoms with van der Waals surface area (Å²) in [6, 6.07) is 6.40. The highest BCUT2D eigenvalue weighted by Crippen LogP contribution is 2.33. The monoisotopic (exact) mass is 270 g/mol. The number of hydrogen-bond donors (Lipinski definition) is 1. The molecule has 1 heterocycles. The first kappa shape index (κ1) is 14.3. The van der Waals surface area contributed by atoms with Crippen molar-refractivity contribution in [1.29, 1.82) is 0 Å². The SMILES string of the molecule is Cc1ccc(N(C)c2ncnc(N)c2C(C)C)c(C)c1. The molecule has 2 aromatic rings. The van der Waals surface area contributed by atoms with E-state index >= 15 is 0 Å². The van der Waals surface area contributed by atoms with Gasteiger partial charge in [0.25, 0.3) is 0 Å². The lowest BCUT2D eigenvalue weighted by Crippen LogP contribution is -2.17. The summed E-state index contributed by atoms with van der Waals surface area (Å²) in [4.78, 5) is 10.6. The first-order valence-corrected chi connectivity index (χ1v) is 6.83. The Morgan fingerprint density at radius 3 is 2.45 bits per heavy atom. The lowest BCUT2D eigenvalue weighted by atomic mass is 10.0. The third-order valence-corrected chi connectivity index (χ3v) is 3.50. The van der Waals surface area contributed by atoms with Gasteiger partial charge in [0.15, 0.2) is 0 Å². The predicted molar refractivity (Wildman–Crippen MR) is 84.5 cm³/mol. The molecule has 0 spiro atoms. The molecule has 1 aromatic heterocycles. The van der Waals surface area contributed by atoms with Crippen molar-refractivity contribution in [3.8, 4) is 0 Å². The van der Waals surface area contributed by atoms with Crippen LogP contribution in [-0.2, 0) is 0 Å². The van der Waals surface area contributed by atoms with E-state index in [4.69, 9.17) is 5.73 Å². The molecular weight excluding hydrogens is 248 g/mol. The molecule has 1 aromatic carbocycles. The zero-order valence-corrected chi connectivity index (χ0v) is 12.8. The summed E-state index contributed by atoms with van der Waals surface area (Å²) in [5, 5.41) is 0. The van der Waals surface area contributed by atoms with E-state index in [0.717, 1.165) is 17.1 Å². The molecule has 0 fully saturated rings. The molecule has 2 rings (SSSR count). The maximum Gasteiger partial charge on any atom is 0.141 e. The first-order chi connectivity index (χ1) is 9.41. The maximum atomic E-state index is 6.02. The number of nitrogen functional groups attached to an aromatic ring is 1. The minimum absolute atomic E-state index is 0.277. The van der Waals surface area contributed by atoms with Crippen molar-refractivity contribution >= 4 is 17.3 Å². The van der Waals surface area contributed by atoms with Crippen LogP contribution in [0.15, 0.2) is 24.5 Å². The number of benzene rings is 1. The van der Waals surface area contributed by atoms with E-state index in [1.165, 1.54) is 17.5 Å². The van der Waals surface area contributed by atoms with Gasteiger partial charge in [-0.05, 0) is 31.4 Å². The minimum Gasteiger partial charge on any atom is -0.383 e. The zero-order valence-electron chi connectivity index (χ0n) is 12.8. The van der Waals surface area contributed by atoms with Gasteiger partial charge in [-0.15, -0.1) is 0 Å². The Morgan fingerprint density at radius 2 is 1.85 bits per heavy atom. The van der Waals surface area contributed by atoms with Crippen LogP contribution in [0, 0.1) is 13.8 Å². The Kier molecular flexibility index (Phi) is 3.93. The molecule has 0 saturated heterocycles. The van der Waals surface area contributed by atoms with E-state index in [-0.39, 0.29) is 5.92 Å². The Bertz CT molecular complexity index is 620. The van der Waals surface area contributed by atoms with Crippen LogP contribution in [-0.4, -0.2) is 17.0 Å². The fourth-order valence-electron chi connectivity index (χ4n) is 2.52. The molecule has 0 aliphatic carbocycles. The van der Waals surface area contributed by atoms with E-state index in [9.17, 15) is 0 Å². The molecule has 4 nitrogen and oxygen atoms in total. The van der Waals surface area contributed by atoms with Crippen molar-refractivity contribution < 1.29 is 0 Å². The van der Waals surface area contributed by atoms with Crippen LogP contribution in [0.2, 0.25) is 0 Å². The average molecular weight is 270 g/mol. The lowest BCUT2D eigenvalue weighted by molar-refractivity contribution is 0.844. The number of anilines is 3. The van der Waals surface area contributed by atoms with E-state index in [1.807, 2.05) is 7.05 Å². The summed E-state index contributed by atoms with van der Waals surface area (Å²) < 4.78 is 0. The van der Waals surface area contributed by atoms with Gasteiger partial charge in [-0.1, -0.05) is 31.5 Å². The molecule has 106 valence electrons. The Labute approximate surface area is 120 Å². The van der Waals surface area contributed by atoms with Gasteiger partial charge in [0.2, 0.25) is 0 Å². The number of nitrogens with two attached hydrogens (primary N) is 1. The molecule has 20 heavy (non-hydrogen) atoms. The van der Waals surface area contributed by atoms with Gasteiger partial charge >= 0.3 is 0 Å². The van der Waals surface area contributed by atoms with E-state index in [2.05, 4.69) is 60.8 Å². The molecule has 0 bridgehead atoms. The van der Waals surface area contributed by atoms with Crippen molar-refractivity contribution in [2.75, 3.05) is 17.7 Å². The molecule has 0 aliphatic heterocycles. The summed E-state index contributed by atoms with van der Waals surface area (Å²) >= 11 is 0. The third kappa shape index (κ3) is 2.59. The highest BCUT2D eigenvalue weighted by atomic mass is 15.2. The van der Waals surface area contributed by atoms with Crippen LogP contribution in [0.1, 0.15) is 36.5 Å². The van der Waals surface area contributed by atoms with Crippen LogP contribution < -0.4 is 10.6 Å². The quantitative estimate of drug-likeness (QED) is 0.926. The largest absolute Gasteiger partial charge is 0.383 e. The van der Waals surface area contributed by atoms with Crippen LogP contribution in [0.5, 0.6) is 0 Å². The molecule has 0 radical (unpaired) electrons. The molecule has 0 aliphatic rings. The molecule has 0 unspecified atom stereocenters. The van der Waals surface area contributed by atoms with Gasteiger partial charge in [-0.3, -0.25) is 0 Å². The Hall–Kier alpha value is -2.10. The Balaban J connectivity index is 2.53. The van der Waals surface area contributed by atoms with Gasteiger partial charge in [0, 0.05) is 18.3 Å². The Morgan fingerprint density at radius 1 is 1.15 bits per heavy atom. The van der Waals surface area contributed by atoms with Crippen LogP contribution >= 0.6 is 0 Å². The van der Waals surface area contributed by atoms with Gasteiger partial charge in [-0.25, -0.2) is 9.97 Å². The molecular formula is C16H22N4. The molecule has 0 saturated carbocycles. The van der Waals surface area contributed by atoms with Gasteiger partial charge < -0.3 is 10.6 Å². The van der Waals surface area contributed by atoms with E-state index in [0.29, 0.717) is 5.82 Å². The second-order valence-corrected chi connectivity index (χ2v) is 5.50. The summed E-state index contributed by atoms with van der Waals surface area (Å²) in [5.41, 5.74) is 10.6. The van der Waals surface area contributed by atoms with Crippen LogP contribution in [0.25, 0.3) is 0 Å². The minimum atomic E-state index is 0.277. The smallest absolute Gasteiger partial charge is 0.141 e. The van der Waals surface area contributed by atoms with Crippen molar-refractivity contribution in [2.24, 2.45) is 0 Å². The van der Waals surface area contributed by atoms with Crippen molar-refractivity contribution in [2.45, 2.75) is 33.6 Å². The number of nitrogens with zero attached hydrogens (tertiary/aromatic N) is 3. The van der Waals surface area contributed by atoms with Gasteiger partial charge in [0.1, 0.15) is 18.0 Å². The predicted octanol–water partition coefficient (Wildman–Crippen LogP) is 3.57. The van der Waals surface area contributed by atoms with Crippen LogP contribution in [0.4, 0.5) is 17.3 Å². The number of aryl methyl sites for hydroxylation is 2. The highest BCUT2D eigenvalue weighted by molar-refractivity contribution is 5.69. The highest BCUT2D eigenvalue weighted by Gasteiger charge is 2.18. The maximum absolute atomic E-state index is 6.02. The topological polar surface area (TPSA) is 55.0 Å².